The molecule has 0 saturated heterocycles. The molecular weight excluding hydrogens is 564 g/mol. The standard InChI is InChI=1S/C43H88O3/c1-35(2)17-11-19-37(5)21-13-23-39(7)25-15-27-41(9)29-31-45-34-43(33-44)46-32-30-42(10)28-16-26-40(8)24-14-22-38(6)20-12-18-36(3)4/h35-44H,11-34H2,1-10H3/t37-,38-,39-,40-,41-,42-,43?/m1/s1. The molecule has 7 atom stereocenters. The highest BCUT2D eigenvalue weighted by Crippen LogP contribution is 2.24. The Morgan fingerprint density at radius 2 is 0.652 bits per heavy atom. The van der Waals surface area contributed by atoms with Gasteiger partial charge in [-0.2, -0.15) is 0 Å². The van der Waals surface area contributed by atoms with Gasteiger partial charge in [0.2, 0.25) is 0 Å². The molecule has 0 aliphatic heterocycles. The molecule has 1 N–H and O–H groups in total. The molecule has 278 valence electrons. The number of aliphatic hydroxyl groups is 1. The highest BCUT2D eigenvalue weighted by atomic mass is 16.5. The lowest BCUT2D eigenvalue weighted by molar-refractivity contribution is -0.0471. The van der Waals surface area contributed by atoms with E-state index in [1.165, 1.54) is 116 Å². The molecule has 0 amide bonds. The fourth-order valence-electron chi connectivity index (χ4n) is 6.96. The Kier molecular flexibility index (Phi) is 30.8. The highest BCUT2D eigenvalue weighted by Gasteiger charge is 2.13. The Morgan fingerprint density at radius 3 is 0.957 bits per heavy atom. The van der Waals surface area contributed by atoms with Crippen LogP contribution in [0.1, 0.15) is 198 Å². The second-order valence-corrected chi connectivity index (χ2v) is 17.3. The van der Waals surface area contributed by atoms with E-state index >= 15 is 0 Å². The van der Waals surface area contributed by atoms with Crippen molar-refractivity contribution in [1.82, 2.24) is 0 Å². The summed E-state index contributed by atoms with van der Waals surface area (Å²) in [6.45, 7) is 25.9. The molecule has 0 rings (SSSR count). The number of rotatable bonds is 34. The van der Waals surface area contributed by atoms with E-state index in [0.717, 1.165) is 61.6 Å². The van der Waals surface area contributed by atoms with Gasteiger partial charge in [0.15, 0.2) is 0 Å². The van der Waals surface area contributed by atoms with Crippen LogP contribution in [-0.2, 0) is 9.47 Å². The maximum Gasteiger partial charge on any atom is 0.104 e. The van der Waals surface area contributed by atoms with Gasteiger partial charge in [-0.3, -0.25) is 0 Å². The minimum Gasteiger partial charge on any atom is -0.394 e. The number of hydrogen-bond acceptors (Lipinski definition) is 3. The topological polar surface area (TPSA) is 38.7 Å². The van der Waals surface area contributed by atoms with Crippen LogP contribution in [0.4, 0.5) is 0 Å². The summed E-state index contributed by atoms with van der Waals surface area (Å²) in [5.74, 6) is 6.57. The normalized spacial score (nSPS) is 16.9. The highest BCUT2D eigenvalue weighted by molar-refractivity contribution is 4.64. The van der Waals surface area contributed by atoms with Crippen molar-refractivity contribution < 1.29 is 14.6 Å². The molecule has 1 unspecified atom stereocenters. The smallest absolute Gasteiger partial charge is 0.104 e. The van der Waals surface area contributed by atoms with E-state index in [9.17, 15) is 5.11 Å². The Hall–Kier alpha value is -0.120. The van der Waals surface area contributed by atoms with Crippen LogP contribution in [0.15, 0.2) is 0 Å². The van der Waals surface area contributed by atoms with Crippen molar-refractivity contribution in [2.24, 2.45) is 47.3 Å². The summed E-state index contributed by atoms with van der Waals surface area (Å²) in [6, 6.07) is 0. The van der Waals surface area contributed by atoms with Crippen molar-refractivity contribution in [3.8, 4) is 0 Å². The number of hydrogen-bond donors (Lipinski definition) is 1. The Balaban J connectivity index is 3.77. The minimum atomic E-state index is -0.186. The summed E-state index contributed by atoms with van der Waals surface area (Å²) < 4.78 is 11.9. The molecule has 3 heteroatoms. The van der Waals surface area contributed by atoms with Gasteiger partial charge in [0, 0.05) is 13.2 Å². The fourth-order valence-corrected chi connectivity index (χ4v) is 6.96. The average molecular weight is 653 g/mol. The van der Waals surface area contributed by atoms with Gasteiger partial charge in [-0.1, -0.05) is 185 Å². The zero-order valence-electron chi connectivity index (χ0n) is 33.4. The summed E-state index contributed by atoms with van der Waals surface area (Å²) in [6.07, 6.45) is 26.8. The van der Waals surface area contributed by atoms with Gasteiger partial charge in [0.25, 0.3) is 0 Å². The lowest BCUT2D eigenvalue weighted by Gasteiger charge is -2.19. The molecule has 0 radical (unpaired) electrons. The average Bonchev–Trinajstić information content (AvgIpc) is 2.98. The SMILES string of the molecule is CC(C)CCC[C@@H](C)CCC[C@@H](C)CCC[C@@H](C)CCOCC(CO)OCC[C@H](C)CCC[C@H](C)CCC[C@H](C)CCCC(C)C. The van der Waals surface area contributed by atoms with E-state index in [2.05, 4.69) is 69.2 Å². The van der Waals surface area contributed by atoms with Crippen LogP contribution in [-0.4, -0.2) is 37.6 Å². The predicted octanol–water partition coefficient (Wildman–Crippen LogP) is 13.3. The molecule has 0 heterocycles. The Bertz CT molecular complexity index is 619. The van der Waals surface area contributed by atoms with E-state index in [4.69, 9.17) is 9.47 Å². The molecular formula is C43H88O3. The summed E-state index contributed by atoms with van der Waals surface area (Å²) in [4.78, 5) is 0. The molecule has 0 spiro atoms. The first-order valence-corrected chi connectivity index (χ1v) is 20.7. The quantitative estimate of drug-likeness (QED) is 0.0703. The first kappa shape index (κ1) is 45.9. The van der Waals surface area contributed by atoms with Crippen molar-refractivity contribution >= 4 is 0 Å². The van der Waals surface area contributed by atoms with E-state index in [1.54, 1.807) is 0 Å². The molecule has 0 saturated carbocycles. The van der Waals surface area contributed by atoms with Crippen LogP contribution in [0.25, 0.3) is 0 Å². The summed E-state index contributed by atoms with van der Waals surface area (Å²) >= 11 is 0. The third kappa shape index (κ3) is 31.2. The second-order valence-electron chi connectivity index (χ2n) is 17.3. The summed E-state index contributed by atoms with van der Waals surface area (Å²) in [5.41, 5.74) is 0. The monoisotopic (exact) mass is 653 g/mol. The fraction of sp³-hybridized carbons (Fsp3) is 1.00. The zero-order chi connectivity index (χ0) is 34.6. The molecule has 0 aliphatic carbocycles. The van der Waals surface area contributed by atoms with E-state index in [0.29, 0.717) is 18.4 Å². The Labute approximate surface area is 291 Å². The largest absolute Gasteiger partial charge is 0.394 e. The van der Waals surface area contributed by atoms with Crippen LogP contribution >= 0.6 is 0 Å². The van der Waals surface area contributed by atoms with Gasteiger partial charge in [-0.05, 0) is 60.2 Å². The van der Waals surface area contributed by atoms with Crippen molar-refractivity contribution in [2.75, 3.05) is 26.4 Å². The van der Waals surface area contributed by atoms with Gasteiger partial charge >= 0.3 is 0 Å². The number of aliphatic hydroxyl groups excluding tert-OH is 1. The maximum atomic E-state index is 9.78. The van der Waals surface area contributed by atoms with Crippen molar-refractivity contribution in [1.29, 1.82) is 0 Å². The number of ether oxygens (including phenoxy) is 2. The Morgan fingerprint density at radius 1 is 0.370 bits per heavy atom. The van der Waals surface area contributed by atoms with Gasteiger partial charge < -0.3 is 14.6 Å². The zero-order valence-corrected chi connectivity index (χ0v) is 33.4. The van der Waals surface area contributed by atoms with Crippen LogP contribution in [0.2, 0.25) is 0 Å². The van der Waals surface area contributed by atoms with Crippen molar-refractivity contribution in [3.05, 3.63) is 0 Å². The van der Waals surface area contributed by atoms with Gasteiger partial charge in [-0.15, -0.1) is 0 Å². The molecule has 46 heavy (non-hydrogen) atoms. The van der Waals surface area contributed by atoms with Gasteiger partial charge in [0.05, 0.1) is 13.2 Å². The predicted molar refractivity (Wildman–Crippen MR) is 205 cm³/mol. The van der Waals surface area contributed by atoms with Crippen LogP contribution in [0.3, 0.4) is 0 Å². The van der Waals surface area contributed by atoms with E-state index in [-0.39, 0.29) is 12.7 Å². The van der Waals surface area contributed by atoms with Crippen LogP contribution in [0, 0.1) is 47.3 Å². The third-order valence-electron chi connectivity index (χ3n) is 10.8. The maximum absolute atomic E-state index is 9.78. The molecule has 0 aromatic carbocycles. The molecule has 0 aromatic heterocycles. The second kappa shape index (κ2) is 30.9. The minimum absolute atomic E-state index is 0.0480. The summed E-state index contributed by atoms with van der Waals surface area (Å²) in [7, 11) is 0. The van der Waals surface area contributed by atoms with Gasteiger partial charge in [0.1, 0.15) is 6.10 Å². The lowest BCUT2D eigenvalue weighted by atomic mass is 9.91. The first-order valence-electron chi connectivity index (χ1n) is 20.7. The van der Waals surface area contributed by atoms with Crippen molar-refractivity contribution in [3.63, 3.8) is 0 Å². The van der Waals surface area contributed by atoms with Crippen molar-refractivity contribution in [2.45, 2.75) is 204 Å². The molecule has 0 fully saturated rings. The molecule has 0 bridgehead atoms. The van der Waals surface area contributed by atoms with Crippen LogP contribution < -0.4 is 0 Å². The van der Waals surface area contributed by atoms with E-state index in [1.807, 2.05) is 0 Å². The molecule has 0 aliphatic rings. The third-order valence-corrected chi connectivity index (χ3v) is 10.8. The summed E-state index contributed by atoms with van der Waals surface area (Å²) in [5, 5.41) is 9.78. The van der Waals surface area contributed by atoms with Gasteiger partial charge in [-0.25, -0.2) is 0 Å². The molecule has 0 aromatic rings. The van der Waals surface area contributed by atoms with Crippen LogP contribution in [0.5, 0.6) is 0 Å². The first-order chi connectivity index (χ1) is 21.9. The lowest BCUT2D eigenvalue weighted by Crippen LogP contribution is -2.25. The van der Waals surface area contributed by atoms with E-state index < -0.39 is 0 Å². The molecule has 3 nitrogen and oxygen atoms in total.